The molecule has 0 spiro atoms. The van der Waals surface area contributed by atoms with Crippen molar-refractivity contribution in [3.63, 3.8) is 0 Å². The zero-order chi connectivity index (χ0) is 19.6. The number of ether oxygens (including phenoxy) is 1. The summed E-state index contributed by atoms with van der Waals surface area (Å²) < 4.78 is 5.59. The van der Waals surface area contributed by atoms with E-state index in [1.165, 1.54) is 57.2 Å². The fraction of sp³-hybridized carbons (Fsp3) is 0.720. The lowest BCUT2D eigenvalue weighted by Crippen LogP contribution is -2.64. The van der Waals surface area contributed by atoms with Gasteiger partial charge >= 0.3 is 0 Å². The minimum Gasteiger partial charge on any atom is -0.497 e. The lowest BCUT2D eigenvalue weighted by atomic mass is 9.52. The molecule has 0 radical (unpaired) electrons. The summed E-state index contributed by atoms with van der Waals surface area (Å²) in [4.78, 5) is 18.7. The van der Waals surface area contributed by atoms with Gasteiger partial charge in [-0.3, -0.25) is 4.79 Å². The Hall–Kier alpha value is -1.55. The molecule has 1 saturated carbocycles. The summed E-state index contributed by atoms with van der Waals surface area (Å²) in [7, 11) is 1.78. The van der Waals surface area contributed by atoms with Crippen LogP contribution in [0, 0.1) is 17.8 Å². The highest BCUT2D eigenvalue weighted by molar-refractivity contribution is 5.80. The number of likely N-dealkylation sites (tertiary alicyclic amines) is 1. The zero-order valence-corrected chi connectivity index (χ0v) is 17.7. The van der Waals surface area contributed by atoms with Gasteiger partial charge in [-0.1, -0.05) is 18.9 Å². The smallest absolute Gasteiger partial charge is 0.227 e. The Morgan fingerprint density at radius 1 is 1.10 bits per heavy atom. The average Bonchev–Trinajstić information content (AvgIpc) is 2.79. The maximum Gasteiger partial charge on any atom is 0.227 e. The maximum absolute atomic E-state index is 13.8. The molecule has 4 heteroatoms. The normalized spacial score (nSPS) is 40.2. The third-order valence-corrected chi connectivity index (χ3v) is 9.30. The van der Waals surface area contributed by atoms with Crippen molar-refractivity contribution in [2.75, 3.05) is 33.3 Å². The van der Waals surface area contributed by atoms with Crippen molar-refractivity contribution < 1.29 is 9.53 Å². The van der Waals surface area contributed by atoms with Crippen LogP contribution < -0.4 is 4.74 Å². The molecule has 4 nitrogen and oxygen atoms in total. The number of rotatable bonds is 2. The molecule has 1 amide bonds. The molecule has 5 fully saturated rings. The number of carbonyl (C=O) groups is 1. The van der Waals surface area contributed by atoms with E-state index < -0.39 is 0 Å². The van der Waals surface area contributed by atoms with Gasteiger partial charge in [0.1, 0.15) is 5.75 Å². The van der Waals surface area contributed by atoms with Crippen LogP contribution in [0.5, 0.6) is 5.75 Å². The zero-order valence-electron chi connectivity index (χ0n) is 17.7. The first-order chi connectivity index (χ1) is 14.2. The number of methoxy groups -OCH3 is 1. The van der Waals surface area contributed by atoms with Gasteiger partial charge in [0.05, 0.1) is 13.0 Å². The number of hydrogen-bond acceptors (Lipinski definition) is 3. The molecule has 1 unspecified atom stereocenters. The monoisotopic (exact) mass is 394 g/mol. The predicted octanol–water partition coefficient (Wildman–Crippen LogP) is 3.62. The largest absolute Gasteiger partial charge is 0.497 e. The SMILES string of the molecule is COc1ccc2c(c1)[C@@]13CCCC[C@H]1[C@@H](C2)N(C(=O)C1CN2CCC1CC2)CC3. The van der Waals surface area contributed by atoms with E-state index in [1.807, 2.05) is 0 Å². The first-order valence-electron chi connectivity index (χ1n) is 11.9. The summed E-state index contributed by atoms with van der Waals surface area (Å²) in [5.41, 5.74) is 3.30. The van der Waals surface area contributed by atoms with Crippen LogP contribution in [0.1, 0.15) is 56.1 Å². The standard InChI is InChI=1S/C25H34N2O2/c1-29-19-6-5-18-14-23-21-4-2-3-9-25(21,22(18)15-19)10-13-27(23)24(28)20-16-26-11-7-17(20)8-12-26/h5-6,15,17,20-21,23H,2-4,7-14,16H2,1H3/t20?,21-,23+,25+/m0/s1. The second-order valence-corrected chi connectivity index (χ2v) is 10.3. The lowest BCUT2D eigenvalue weighted by molar-refractivity contribution is -0.151. The van der Waals surface area contributed by atoms with Gasteiger partial charge < -0.3 is 14.5 Å². The van der Waals surface area contributed by atoms with E-state index in [1.54, 1.807) is 12.7 Å². The highest BCUT2D eigenvalue weighted by Crippen LogP contribution is 2.56. The highest BCUT2D eigenvalue weighted by Gasteiger charge is 2.55. The number of piperidine rings is 4. The van der Waals surface area contributed by atoms with Crippen molar-refractivity contribution in [1.29, 1.82) is 0 Å². The molecule has 0 aromatic heterocycles. The van der Waals surface area contributed by atoms with Crippen LogP contribution >= 0.6 is 0 Å². The molecule has 7 rings (SSSR count). The minimum absolute atomic E-state index is 0.255. The topological polar surface area (TPSA) is 32.8 Å². The molecule has 4 saturated heterocycles. The summed E-state index contributed by atoms with van der Waals surface area (Å²) >= 11 is 0. The van der Waals surface area contributed by atoms with Gasteiger partial charge in [0, 0.05) is 24.5 Å². The van der Waals surface area contributed by atoms with E-state index in [9.17, 15) is 4.79 Å². The molecule has 1 aromatic carbocycles. The average molecular weight is 395 g/mol. The maximum atomic E-state index is 13.8. The van der Waals surface area contributed by atoms with Gasteiger partial charge in [-0.15, -0.1) is 0 Å². The van der Waals surface area contributed by atoms with Gasteiger partial charge in [0.25, 0.3) is 0 Å². The molecule has 4 heterocycles. The van der Waals surface area contributed by atoms with Crippen LogP contribution in [0.4, 0.5) is 0 Å². The molecule has 29 heavy (non-hydrogen) atoms. The molecular formula is C25H34N2O2. The van der Waals surface area contributed by atoms with Crippen LogP contribution in [0.15, 0.2) is 18.2 Å². The number of carbonyl (C=O) groups excluding carboxylic acids is 1. The Morgan fingerprint density at radius 3 is 2.72 bits per heavy atom. The molecule has 4 atom stereocenters. The first kappa shape index (κ1) is 18.2. The third kappa shape index (κ3) is 2.64. The Bertz CT molecular complexity index is 815. The van der Waals surface area contributed by atoms with Crippen molar-refractivity contribution in [2.45, 2.75) is 62.8 Å². The van der Waals surface area contributed by atoms with E-state index >= 15 is 0 Å². The molecular weight excluding hydrogens is 360 g/mol. The summed E-state index contributed by atoms with van der Waals surface area (Å²) in [6, 6.07) is 7.14. The Balaban J connectivity index is 1.35. The quantitative estimate of drug-likeness (QED) is 0.768. The molecule has 156 valence electrons. The lowest BCUT2D eigenvalue weighted by Gasteiger charge is -2.60. The van der Waals surface area contributed by atoms with E-state index in [0.29, 0.717) is 23.8 Å². The van der Waals surface area contributed by atoms with Crippen molar-refractivity contribution in [3.05, 3.63) is 29.3 Å². The van der Waals surface area contributed by atoms with E-state index in [2.05, 4.69) is 28.0 Å². The van der Waals surface area contributed by atoms with Crippen molar-refractivity contribution >= 4 is 5.91 Å². The van der Waals surface area contributed by atoms with Gasteiger partial charge in [0.15, 0.2) is 0 Å². The molecule has 6 aliphatic rings. The summed E-state index contributed by atoms with van der Waals surface area (Å²) in [6.07, 6.45) is 9.86. The Kier molecular flexibility index (Phi) is 4.23. The van der Waals surface area contributed by atoms with Crippen molar-refractivity contribution in [1.82, 2.24) is 9.80 Å². The second-order valence-electron chi connectivity index (χ2n) is 10.3. The van der Waals surface area contributed by atoms with Crippen LogP contribution in [0.2, 0.25) is 0 Å². The number of fused-ring (bicyclic) bond motifs is 4. The minimum atomic E-state index is 0.255. The fourth-order valence-electron chi connectivity index (χ4n) is 7.84. The highest BCUT2D eigenvalue weighted by atomic mass is 16.5. The van der Waals surface area contributed by atoms with E-state index in [-0.39, 0.29) is 11.3 Å². The second kappa shape index (κ2) is 6.73. The van der Waals surface area contributed by atoms with Crippen LogP contribution in [0.25, 0.3) is 0 Å². The van der Waals surface area contributed by atoms with Gasteiger partial charge in [-0.05, 0) is 86.7 Å². The third-order valence-electron chi connectivity index (χ3n) is 9.30. The molecule has 4 bridgehead atoms. The fourth-order valence-corrected chi connectivity index (χ4v) is 7.84. The Labute approximate surface area is 174 Å². The molecule has 0 N–H and O–H groups in total. The number of nitrogens with zero attached hydrogens (tertiary/aromatic N) is 2. The van der Waals surface area contributed by atoms with Crippen LogP contribution in [0.3, 0.4) is 0 Å². The summed E-state index contributed by atoms with van der Waals surface area (Å²) in [5.74, 6) is 3.00. The molecule has 1 aromatic rings. The predicted molar refractivity (Wildman–Crippen MR) is 113 cm³/mol. The van der Waals surface area contributed by atoms with Crippen molar-refractivity contribution in [3.8, 4) is 5.75 Å². The number of amides is 1. The van der Waals surface area contributed by atoms with Crippen LogP contribution in [-0.4, -0.2) is 55.0 Å². The van der Waals surface area contributed by atoms with Gasteiger partial charge in [-0.25, -0.2) is 0 Å². The molecule has 4 aliphatic heterocycles. The van der Waals surface area contributed by atoms with Gasteiger partial charge in [-0.2, -0.15) is 0 Å². The van der Waals surface area contributed by atoms with Crippen LogP contribution in [-0.2, 0) is 16.6 Å². The van der Waals surface area contributed by atoms with E-state index in [0.717, 1.165) is 31.7 Å². The summed E-state index contributed by atoms with van der Waals surface area (Å²) in [5, 5.41) is 0. The van der Waals surface area contributed by atoms with Crippen molar-refractivity contribution in [2.24, 2.45) is 17.8 Å². The van der Waals surface area contributed by atoms with Gasteiger partial charge in [0.2, 0.25) is 5.91 Å². The number of benzene rings is 1. The first-order valence-corrected chi connectivity index (χ1v) is 11.9. The molecule has 2 aliphatic carbocycles. The van der Waals surface area contributed by atoms with E-state index in [4.69, 9.17) is 4.74 Å². The Morgan fingerprint density at radius 2 is 1.97 bits per heavy atom. The number of hydrogen-bond donors (Lipinski definition) is 0. The summed E-state index contributed by atoms with van der Waals surface area (Å²) in [6.45, 7) is 4.38.